The number of rotatable bonds is 4. The van der Waals surface area contributed by atoms with Crippen molar-refractivity contribution in [1.82, 2.24) is 4.98 Å². The van der Waals surface area contributed by atoms with E-state index in [1.54, 1.807) is 17.9 Å². The van der Waals surface area contributed by atoms with Crippen molar-refractivity contribution in [2.75, 3.05) is 7.11 Å². The predicted molar refractivity (Wildman–Crippen MR) is 91.4 cm³/mol. The van der Waals surface area contributed by atoms with E-state index in [9.17, 15) is 0 Å². The van der Waals surface area contributed by atoms with Gasteiger partial charge in [0.2, 0.25) is 0 Å². The Balaban J connectivity index is 1.74. The van der Waals surface area contributed by atoms with Crippen molar-refractivity contribution in [2.24, 2.45) is 0 Å². The number of benzene rings is 2. The van der Waals surface area contributed by atoms with Crippen LogP contribution in [-0.4, -0.2) is 12.1 Å². The standard InChI is InChI=1S/C14H10INO2S2/c1-17-9-5-7-10(8-6-9)19-20-14-16-13-11(15)3-2-4-12(13)18-14/h2-8H,1H3. The fraction of sp³-hybridized carbons (Fsp3) is 0.0714. The Kier molecular flexibility index (Phi) is 4.42. The zero-order valence-corrected chi connectivity index (χ0v) is 14.3. The quantitative estimate of drug-likeness (QED) is 0.430. The van der Waals surface area contributed by atoms with E-state index in [0.717, 1.165) is 25.3 Å². The van der Waals surface area contributed by atoms with Gasteiger partial charge in [0.1, 0.15) is 11.3 Å². The monoisotopic (exact) mass is 415 g/mol. The van der Waals surface area contributed by atoms with Gasteiger partial charge in [0, 0.05) is 19.3 Å². The maximum atomic E-state index is 5.72. The third kappa shape index (κ3) is 3.07. The van der Waals surface area contributed by atoms with Crippen LogP contribution in [0.2, 0.25) is 0 Å². The van der Waals surface area contributed by atoms with Crippen molar-refractivity contribution in [3.8, 4) is 5.75 Å². The number of ether oxygens (including phenoxy) is 1. The number of hydrogen-bond donors (Lipinski definition) is 0. The van der Waals surface area contributed by atoms with Crippen LogP contribution in [0.1, 0.15) is 0 Å². The second-order valence-corrected chi connectivity index (χ2v) is 7.22. The number of aromatic nitrogens is 1. The average molecular weight is 415 g/mol. The Morgan fingerprint density at radius 3 is 2.60 bits per heavy atom. The average Bonchev–Trinajstić information content (AvgIpc) is 2.90. The zero-order valence-electron chi connectivity index (χ0n) is 10.5. The highest BCUT2D eigenvalue weighted by atomic mass is 127. The van der Waals surface area contributed by atoms with Gasteiger partial charge in [-0.15, -0.1) is 0 Å². The van der Waals surface area contributed by atoms with Gasteiger partial charge in [0.15, 0.2) is 5.58 Å². The highest BCUT2D eigenvalue weighted by molar-refractivity contribution is 14.1. The lowest BCUT2D eigenvalue weighted by molar-refractivity contribution is 0.414. The smallest absolute Gasteiger partial charge is 0.268 e. The topological polar surface area (TPSA) is 35.3 Å². The summed E-state index contributed by atoms with van der Waals surface area (Å²) in [5, 5.41) is 0.671. The molecule has 0 aliphatic carbocycles. The van der Waals surface area contributed by atoms with Gasteiger partial charge in [-0.05, 0) is 69.8 Å². The first kappa shape index (κ1) is 14.1. The summed E-state index contributed by atoms with van der Waals surface area (Å²) in [6, 6.07) is 13.9. The summed E-state index contributed by atoms with van der Waals surface area (Å²) in [6.45, 7) is 0. The van der Waals surface area contributed by atoms with Crippen LogP contribution in [0.5, 0.6) is 5.75 Å². The van der Waals surface area contributed by atoms with Gasteiger partial charge < -0.3 is 9.15 Å². The molecule has 0 N–H and O–H groups in total. The van der Waals surface area contributed by atoms with Crippen molar-refractivity contribution < 1.29 is 9.15 Å². The molecule has 0 radical (unpaired) electrons. The van der Waals surface area contributed by atoms with E-state index >= 15 is 0 Å². The van der Waals surface area contributed by atoms with Gasteiger partial charge in [-0.1, -0.05) is 6.07 Å². The molecule has 0 spiro atoms. The molecule has 0 atom stereocenters. The first-order valence-electron chi connectivity index (χ1n) is 5.80. The second kappa shape index (κ2) is 6.28. The van der Waals surface area contributed by atoms with Crippen molar-refractivity contribution >= 4 is 55.3 Å². The van der Waals surface area contributed by atoms with Gasteiger partial charge in [-0.25, -0.2) is 4.98 Å². The molecule has 3 aromatic rings. The Morgan fingerprint density at radius 2 is 1.90 bits per heavy atom. The number of hydrogen-bond acceptors (Lipinski definition) is 5. The molecule has 3 nitrogen and oxygen atoms in total. The molecule has 6 heteroatoms. The summed E-state index contributed by atoms with van der Waals surface area (Å²) < 4.78 is 12.0. The van der Waals surface area contributed by atoms with E-state index in [1.165, 1.54) is 10.8 Å². The van der Waals surface area contributed by atoms with E-state index in [1.807, 2.05) is 42.5 Å². The van der Waals surface area contributed by atoms with Crippen molar-refractivity contribution in [1.29, 1.82) is 0 Å². The molecule has 0 amide bonds. The molecule has 1 aromatic heterocycles. The molecule has 20 heavy (non-hydrogen) atoms. The van der Waals surface area contributed by atoms with E-state index < -0.39 is 0 Å². The number of nitrogens with zero attached hydrogens (tertiary/aromatic N) is 1. The summed E-state index contributed by atoms with van der Waals surface area (Å²) >= 11 is 2.27. The number of fused-ring (bicyclic) bond motifs is 1. The molecule has 0 fully saturated rings. The van der Waals surface area contributed by atoms with Crippen molar-refractivity contribution in [3.63, 3.8) is 0 Å². The summed E-state index contributed by atoms with van der Waals surface area (Å²) in [6.07, 6.45) is 0. The second-order valence-electron chi connectivity index (χ2n) is 3.91. The Labute approximate surface area is 138 Å². The molecular formula is C14H10INO2S2. The molecule has 0 aliphatic heterocycles. The lowest BCUT2D eigenvalue weighted by atomic mass is 10.3. The van der Waals surface area contributed by atoms with Gasteiger partial charge in [0.25, 0.3) is 5.22 Å². The SMILES string of the molecule is COc1ccc(SSc2nc3c(I)cccc3o2)cc1. The fourth-order valence-electron chi connectivity index (χ4n) is 1.65. The summed E-state index contributed by atoms with van der Waals surface area (Å²) in [7, 11) is 4.80. The van der Waals surface area contributed by atoms with Crippen LogP contribution in [0.25, 0.3) is 11.1 Å². The zero-order chi connectivity index (χ0) is 13.9. The van der Waals surface area contributed by atoms with Crippen LogP contribution in [0.3, 0.4) is 0 Å². The van der Waals surface area contributed by atoms with Crippen LogP contribution in [0, 0.1) is 3.57 Å². The normalized spacial score (nSPS) is 10.9. The van der Waals surface area contributed by atoms with Crippen LogP contribution in [0.15, 0.2) is 57.0 Å². The summed E-state index contributed by atoms with van der Waals surface area (Å²) in [5.41, 5.74) is 1.75. The molecule has 1 heterocycles. The van der Waals surface area contributed by atoms with Crippen molar-refractivity contribution in [2.45, 2.75) is 10.1 Å². The molecule has 0 saturated carbocycles. The number of methoxy groups -OCH3 is 1. The number of para-hydroxylation sites is 1. The molecule has 3 rings (SSSR count). The van der Waals surface area contributed by atoms with Gasteiger partial charge in [0.05, 0.1) is 7.11 Å². The van der Waals surface area contributed by atoms with Gasteiger partial charge in [-0.3, -0.25) is 0 Å². The van der Waals surface area contributed by atoms with E-state index in [0.29, 0.717) is 5.22 Å². The van der Waals surface area contributed by atoms with Crippen LogP contribution in [0.4, 0.5) is 0 Å². The highest BCUT2D eigenvalue weighted by Crippen LogP contribution is 2.38. The molecule has 0 bridgehead atoms. The summed E-state index contributed by atoms with van der Waals surface area (Å²) in [5.74, 6) is 0.857. The van der Waals surface area contributed by atoms with E-state index in [2.05, 4.69) is 27.6 Å². The molecule has 0 unspecified atom stereocenters. The minimum atomic E-state index is 0.671. The highest BCUT2D eigenvalue weighted by Gasteiger charge is 2.09. The maximum absolute atomic E-state index is 5.72. The van der Waals surface area contributed by atoms with Crippen molar-refractivity contribution in [3.05, 3.63) is 46.0 Å². The largest absolute Gasteiger partial charge is 0.497 e. The molecule has 0 aliphatic rings. The Morgan fingerprint density at radius 1 is 1.10 bits per heavy atom. The first-order valence-corrected chi connectivity index (χ1v) is 9.03. The minimum absolute atomic E-state index is 0.671. The number of halogens is 1. The molecule has 102 valence electrons. The van der Waals surface area contributed by atoms with Gasteiger partial charge in [-0.2, -0.15) is 0 Å². The first-order chi connectivity index (χ1) is 9.76. The van der Waals surface area contributed by atoms with E-state index in [4.69, 9.17) is 9.15 Å². The third-order valence-corrected chi connectivity index (χ3v) is 5.61. The minimum Gasteiger partial charge on any atom is -0.497 e. The molecule has 0 saturated heterocycles. The summed E-state index contributed by atoms with van der Waals surface area (Å²) in [4.78, 5) is 5.64. The van der Waals surface area contributed by atoms with Crippen LogP contribution < -0.4 is 4.74 Å². The molecule has 2 aromatic carbocycles. The molecular weight excluding hydrogens is 405 g/mol. The Hall–Kier alpha value is -0.860. The predicted octanol–water partition coefficient (Wildman–Crippen LogP) is 5.24. The Bertz CT molecular complexity index is 728. The van der Waals surface area contributed by atoms with E-state index in [-0.39, 0.29) is 0 Å². The third-order valence-electron chi connectivity index (χ3n) is 2.62. The lowest BCUT2D eigenvalue weighted by Gasteiger charge is -2.00. The number of oxazole rings is 1. The maximum Gasteiger partial charge on any atom is 0.268 e. The van der Waals surface area contributed by atoms with Crippen LogP contribution >= 0.6 is 44.2 Å². The van der Waals surface area contributed by atoms with Crippen LogP contribution in [-0.2, 0) is 0 Å². The lowest BCUT2D eigenvalue weighted by Crippen LogP contribution is -1.80. The van der Waals surface area contributed by atoms with Gasteiger partial charge >= 0.3 is 0 Å². The fourth-order valence-corrected chi connectivity index (χ4v) is 3.96.